The summed E-state index contributed by atoms with van der Waals surface area (Å²) in [6, 6.07) is 0.431. The number of rotatable bonds is 7. The number of carbonyl (C=O) groups excluding carboxylic acids is 2. The molecule has 2 amide bonds. The first-order valence-electron chi connectivity index (χ1n) is 8.99. The second-order valence-corrected chi connectivity index (χ2v) is 6.75. The molecule has 1 heterocycles. The average Bonchev–Trinajstić information content (AvgIpc) is 2.59. The third kappa shape index (κ3) is 7.09. The first-order chi connectivity index (χ1) is 11.6. The minimum Gasteiger partial charge on any atom is -0.382 e. The second kappa shape index (κ2) is 11.7. The molecule has 1 saturated heterocycles. The largest absolute Gasteiger partial charge is 0.382 e. The molecule has 0 aromatic carbocycles. The van der Waals surface area contributed by atoms with Crippen LogP contribution in [0.2, 0.25) is 0 Å². The molecule has 2 N–H and O–H groups in total. The van der Waals surface area contributed by atoms with Crippen LogP contribution in [0, 0.1) is 5.92 Å². The molecule has 1 atom stereocenters. The summed E-state index contributed by atoms with van der Waals surface area (Å²) in [7, 11) is 1.60. The Morgan fingerprint density at radius 2 is 1.92 bits per heavy atom. The molecule has 1 saturated carbocycles. The number of hydrogen-bond acceptors (Lipinski definition) is 5. The highest BCUT2D eigenvalue weighted by molar-refractivity contribution is 5.85. The summed E-state index contributed by atoms with van der Waals surface area (Å²) in [4.78, 5) is 26.5. The first kappa shape index (κ1) is 22.2. The summed E-state index contributed by atoms with van der Waals surface area (Å²) in [5.41, 5.74) is 0. The van der Waals surface area contributed by atoms with Crippen LogP contribution in [0.1, 0.15) is 32.6 Å². The number of hydrogen-bond donors (Lipinski definition) is 2. The van der Waals surface area contributed by atoms with Gasteiger partial charge in [-0.2, -0.15) is 0 Å². The number of nitrogens with zero attached hydrogens (tertiary/aromatic N) is 1. The molecular formula is C17H32ClN3O4. The van der Waals surface area contributed by atoms with E-state index in [0.29, 0.717) is 13.2 Å². The highest BCUT2D eigenvalue weighted by Crippen LogP contribution is 2.27. The maximum Gasteiger partial charge on any atom is 0.246 e. The average molecular weight is 378 g/mol. The lowest BCUT2D eigenvalue weighted by atomic mass is 9.84. The fourth-order valence-corrected chi connectivity index (χ4v) is 3.46. The molecule has 2 fully saturated rings. The van der Waals surface area contributed by atoms with Gasteiger partial charge in [0, 0.05) is 44.7 Å². The molecule has 0 radical (unpaired) electrons. The van der Waals surface area contributed by atoms with Gasteiger partial charge in [0.1, 0.15) is 6.61 Å². The van der Waals surface area contributed by atoms with E-state index in [9.17, 15) is 9.59 Å². The Labute approximate surface area is 156 Å². The Morgan fingerprint density at radius 3 is 2.56 bits per heavy atom. The van der Waals surface area contributed by atoms with Crippen LogP contribution in [0.15, 0.2) is 0 Å². The van der Waals surface area contributed by atoms with Gasteiger partial charge in [0.2, 0.25) is 11.8 Å². The number of methoxy groups -OCH3 is 1. The lowest BCUT2D eigenvalue weighted by Crippen LogP contribution is -2.54. The lowest BCUT2D eigenvalue weighted by Gasteiger charge is -2.38. The molecule has 2 aliphatic rings. The van der Waals surface area contributed by atoms with Crippen LogP contribution in [0.3, 0.4) is 0 Å². The van der Waals surface area contributed by atoms with Crippen molar-refractivity contribution in [1.82, 2.24) is 15.5 Å². The monoisotopic (exact) mass is 377 g/mol. The fourth-order valence-electron chi connectivity index (χ4n) is 3.46. The molecule has 0 aromatic heterocycles. The van der Waals surface area contributed by atoms with E-state index in [1.165, 1.54) is 0 Å². The molecule has 0 unspecified atom stereocenters. The Bertz CT molecular complexity index is 417. The fraction of sp³-hybridized carbons (Fsp3) is 0.882. The first-order valence-corrected chi connectivity index (χ1v) is 8.99. The molecule has 0 bridgehead atoms. The molecule has 0 aromatic rings. The molecule has 0 spiro atoms. The second-order valence-electron chi connectivity index (χ2n) is 6.75. The van der Waals surface area contributed by atoms with Crippen molar-refractivity contribution in [3.05, 3.63) is 0 Å². The highest BCUT2D eigenvalue weighted by atomic mass is 35.5. The SMILES string of the molecule is COCCOCC(=O)NC1CCC(C(=O)N2CCNC[C@@H]2C)CC1.Cl. The molecule has 1 aliphatic carbocycles. The van der Waals surface area contributed by atoms with Crippen molar-refractivity contribution in [1.29, 1.82) is 0 Å². The van der Waals surface area contributed by atoms with Gasteiger partial charge in [-0.3, -0.25) is 9.59 Å². The van der Waals surface area contributed by atoms with Gasteiger partial charge < -0.3 is 25.0 Å². The summed E-state index contributed by atoms with van der Waals surface area (Å²) < 4.78 is 10.1. The van der Waals surface area contributed by atoms with E-state index < -0.39 is 0 Å². The van der Waals surface area contributed by atoms with E-state index in [1.54, 1.807) is 7.11 Å². The van der Waals surface area contributed by atoms with Gasteiger partial charge in [0.05, 0.1) is 13.2 Å². The quantitative estimate of drug-likeness (QED) is 0.634. The van der Waals surface area contributed by atoms with Crippen molar-refractivity contribution in [3.63, 3.8) is 0 Å². The van der Waals surface area contributed by atoms with Gasteiger partial charge >= 0.3 is 0 Å². The topological polar surface area (TPSA) is 79.9 Å². The zero-order valence-electron chi connectivity index (χ0n) is 15.3. The van der Waals surface area contributed by atoms with Crippen LogP contribution in [-0.4, -0.2) is 75.4 Å². The van der Waals surface area contributed by atoms with E-state index >= 15 is 0 Å². The van der Waals surface area contributed by atoms with E-state index in [1.807, 2.05) is 4.90 Å². The molecule has 1 aliphatic heterocycles. The molecule has 25 heavy (non-hydrogen) atoms. The van der Waals surface area contributed by atoms with Gasteiger partial charge in [-0.15, -0.1) is 12.4 Å². The van der Waals surface area contributed by atoms with Crippen LogP contribution < -0.4 is 10.6 Å². The van der Waals surface area contributed by atoms with Gasteiger partial charge in [-0.05, 0) is 32.6 Å². The van der Waals surface area contributed by atoms with E-state index in [2.05, 4.69) is 17.6 Å². The van der Waals surface area contributed by atoms with Crippen molar-refractivity contribution < 1.29 is 19.1 Å². The predicted molar refractivity (Wildman–Crippen MR) is 97.9 cm³/mol. The highest BCUT2D eigenvalue weighted by Gasteiger charge is 2.32. The number of piperazine rings is 1. The molecule has 146 valence electrons. The van der Waals surface area contributed by atoms with E-state index in [-0.39, 0.29) is 48.8 Å². The number of amides is 2. The smallest absolute Gasteiger partial charge is 0.246 e. The summed E-state index contributed by atoms with van der Waals surface area (Å²) in [6.07, 6.45) is 3.43. The van der Waals surface area contributed by atoms with Gasteiger partial charge in [-0.25, -0.2) is 0 Å². The molecule has 2 rings (SSSR count). The lowest BCUT2D eigenvalue weighted by molar-refractivity contribution is -0.139. The number of carbonyl (C=O) groups is 2. The number of halogens is 1. The maximum atomic E-state index is 12.7. The molecule has 7 nitrogen and oxygen atoms in total. The van der Waals surface area contributed by atoms with Crippen molar-refractivity contribution in [2.75, 3.05) is 46.6 Å². The number of nitrogens with one attached hydrogen (secondary N) is 2. The Balaban J connectivity index is 0.00000312. The maximum absolute atomic E-state index is 12.7. The zero-order chi connectivity index (χ0) is 17.4. The van der Waals surface area contributed by atoms with E-state index in [4.69, 9.17) is 9.47 Å². The van der Waals surface area contributed by atoms with Crippen molar-refractivity contribution >= 4 is 24.2 Å². The third-order valence-electron chi connectivity index (χ3n) is 4.89. The zero-order valence-corrected chi connectivity index (χ0v) is 16.1. The summed E-state index contributed by atoms with van der Waals surface area (Å²) in [5, 5.41) is 6.32. The van der Waals surface area contributed by atoms with Crippen molar-refractivity contribution in [2.45, 2.75) is 44.7 Å². The van der Waals surface area contributed by atoms with Crippen LogP contribution in [0.5, 0.6) is 0 Å². The van der Waals surface area contributed by atoms with Crippen LogP contribution in [-0.2, 0) is 19.1 Å². The minimum atomic E-state index is -0.0865. The third-order valence-corrected chi connectivity index (χ3v) is 4.89. The van der Waals surface area contributed by atoms with Gasteiger partial charge in [0.25, 0.3) is 0 Å². The Hall–Kier alpha value is -0.890. The van der Waals surface area contributed by atoms with E-state index in [0.717, 1.165) is 45.3 Å². The normalized spacial score (nSPS) is 26.6. The van der Waals surface area contributed by atoms with Crippen LogP contribution in [0.4, 0.5) is 0 Å². The van der Waals surface area contributed by atoms with Crippen molar-refractivity contribution in [3.8, 4) is 0 Å². The summed E-state index contributed by atoms with van der Waals surface area (Å²) in [6.45, 7) is 5.64. The minimum absolute atomic E-state index is 0. The van der Waals surface area contributed by atoms with Gasteiger partial charge in [-0.1, -0.05) is 0 Å². The number of ether oxygens (including phenoxy) is 2. The Kier molecular flexibility index (Phi) is 10.3. The molecule has 8 heteroatoms. The van der Waals surface area contributed by atoms with Crippen LogP contribution in [0.25, 0.3) is 0 Å². The summed E-state index contributed by atoms with van der Waals surface area (Å²) >= 11 is 0. The molecular weight excluding hydrogens is 346 g/mol. The Morgan fingerprint density at radius 1 is 1.20 bits per heavy atom. The van der Waals surface area contributed by atoms with Gasteiger partial charge in [0.15, 0.2) is 0 Å². The van der Waals surface area contributed by atoms with Crippen LogP contribution >= 0.6 is 12.4 Å². The summed E-state index contributed by atoms with van der Waals surface area (Å²) in [5.74, 6) is 0.310. The van der Waals surface area contributed by atoms with Crippen molar-refractivity contribution in [2.24, 2.45) is 5.92 Å². The standard InChI is InChI=1S/C17H31N3O4.ClH/c1-13-11-18-7-8-20(13)17(22)14-3-5-15(6-4-14)19-16(21)12-24-10-9-23-2;/h13-15,18H,3-12H2,1-2H3,(H,19,21);1H/t13-,14?,15?;/m0./s1. The predicted octanol–water partition coefficient (Wildman–Crippen LogP) is 0.567.